The van der Waals surface area contributed by atoms with Gasteiger partial charge in [-0.3, -0.25) is 9.59 Å². The Bertz CT molecular complexity index is 827. The number of carboxylic acids is 1. The summed E-state index contributed by atoms with van der Waals surface area (Å²) >= 11 is 0. The molecule has 1 rings (SSSR count). The summed E-state index contributed by atoms with van der Waals surface area (Å²) in [4.78, 5) is 38.9. The second-order valence-electron chi connectivity index (χ2n) is 10.2. The van der Waals surface area contributed by atoms with Gasteiger partial charge in [-0.25, -0.2) is 4.79 Å². The highest BCUT2D eigenvalue weighted by molar-refractivity contribution is 5.91. The van der Waals surface area contributed by atoms with Crippen molar-refractivity contribution in [3.05, 3.63) is 47.5 Å². The lowest BCUT2D eigenvalue weighted by molar-refractivity contribution is -0.139. The van der Waals surface area contributed by atoms with Crippen molar-refractivity contribution in [3.63, 3.8) is 0 Å². The standard InChI is InChI=1S/C24H37N3O4.C3H8.2C2H6/c1-16(22(30)31)14-15-27(8)21(29)19(23(2,3)4)26-20(28)18(25-7)24(5,6)17-12-10-9-11-13-17;1-3-2;2*1-2/h9-14,18-19,25H,15H2,1-8H3,(H,26,28)(H,30,31);3H2,1-2H3;2*1-2H3/b16-14+;;;. The maximum Gasteiger partial charge on any atom is 0.331 e. The molecule has 0 saturated heterocycles. The monoisotopic (exact) mass is 535 g/mol. The summed E-state index contributed by atoms with van der Waals surface area (Å²) < 4.78 is 0. The zero-order chi connectivity index (χ0) is 30.7. The highest BCUT2D eigenvalue weighted by Gasteiger charge is 2.40. The number of hydrogen-bond acceptors (Lipinski definition) is 4. The number of rotatable bonds is 9. The van der Waals surface area contributed by atoms with Gasteiger partial charge < -0.3 is 20.6 Å². The van der Waals surface area contributed by atoms with Gasteiger partial charge in [0, 0.05) is 24.6 Å². The van der Waals surface area contributed by atoms with E-state index in [4.69, 9.17) is 5.11 Å². The number of nitrogens with zero attached hydrogens (tertiary/aromatic N) is 1. The molecule has 0 radical (unpaired) electrons. The van der Waals surface area contributed by atoms with Crippen LogP contribution in [0.5, 0.6) is 0 Å². The first-order valence-corrected chi connectivity index (χ1v) is 13.8. The van der Waals surface area contributed by atoms with E-state index in [2.05, 4.69) is 24.5 Å². The van der Waals surface area contributed by atoms with E-state index in [1.54, 1.807) is 14.1 Å². The van der Waals surface area contributed by atoms with Crippen LogP contribution in [0.4, 0.5) is 0 Å². The van der Waals surface area contributed by atoms with Crippen LogP contribution < -0.4 is 10.6 Å². The third kappa shape index (κ3) is 13.8. The number of aliphatic carboxylic acids is 1. The maximum absolute atomic E-state index is 13.3. The van der Waals surface area contributed by atoms with Crippen molar-refractivity contribution < 1.29 is 19.5 Å². The Balaban J connectivity index is -0.00000159. The number of amides is 2. The van der Waals surface area contributed by atoms with Crippen molar-refractivity contribution in [2.75, 3.05) is 20.6 Å². The minimum Gasteiger partial charge on any atom is -0.478 e. The zero-order valence-electron chi connectivity index (χ0n) is 26.7. The topological polar surface area (TPSA) is 98.7 Å². The third-order valence-corrected chi connectivity index (χ3v) is 5.57. The summed E-state index contributed by atoms with van der Waals surface area (Å²) in [6.45, 7) is 23.5. The van der Waals surface area contributed by atoms with Gasteiger partial charge in [-0.05, 0) is 24.9 Å². The van der Waals surface area contributed by atoms with Crippen LogP contribution in [0.15, 0.2) is 42.0 Å². The number of hydrogen-bond donors (Lipinski definition) is 3. The van der Waals surface area contributed by atoms with Crippen LogP contribution in [0.1, 0.15) is 95.1 Å². The molecule has 38 heavy (non-hydrogen) atoms. The summed E-state index contributed by atoms with van der Waals surface area (Å²) in [5, 5.41) is 15.1. The van der Waals surface area contributed by atoms with Crippen molar-refractivity contribution in [1.29, 1.82) is 0 Å². The van der Waals surface area contributed by atoms with Crippen molar-refractivity contribution in [1.82, 2.24) is 15.5 Å². The first-order chi connectivity index (χ1) is 17.6. The fourth-order valence-electron chi connectivity index (χ4n) is 3.40. The van der Waals surface area contributed by atoms with Gasteiger partial charge in [0.1, 0.15) is 6.04 Å². The van der Waals surface area contributed by atoms with E-state index < -0.39 is 28.9 Å². The van der Waals surface area contributed by atoms with Gasteiger partial charge in [-0.2, -0.15) is 0 Å². The quantitative estimate of drug-likeness (QED) is 0.335. The lowest BCUT2D eigenvalue weighted by Gasteiger charge is -2.38. The van der Waals surface area contributed by atoms with E-state index in [9.17, 15) is 14.4 Å². The zero-order valence-corrected chi connectivity index (χ0v) is 26.7. The van der Waals surface area contributed by atoms with Gasteiger partial charge in [-0.1, -0.05) is 119 Å². The minimum atomic E-state index is -1.03. The number of carboxylic acid groups (broad SMARTS) is 1. The molecule has 0 aliphatic heterocycles. The van der Waals surface area contributed by atoms with Gasteiger partial charge in [0.2, 0.25) is 11.8 Å². The minimum absolute atomic E-state index is 0.143. The van der Waals surface area contributed by atoms with Crippen LogP contribution in [0.3, 0.4) is 0 Å². The van der Waals surface area contributed by atoms with E-state index >= 15 is 0 Å². The number of benzene rings is 1. The summed E-state index contributed by atoms with van der Waals surface area (Å²) in [7, 11) is 3.33. The lowest BCUT2D eigenvalue weighted by atomic mass is 9.76. The SMILES string of the molecule is CC.CC.CCC.CNC(C(=O)NC(C(=O)N(C)C/C=C(\C)C(=O)O)C(C)(C)C)C(C)(C)c1ccccc1. The number of likely N-dealkylation sites (N-methyl/N-ethyl adjacent to an activating group) is 2. The van der Waals surface area contributed by atoms with E-state index in [0.29, 0.717) is 0 Å². The predicted octanol–water partition coefficient (Wildman–Crippen LogP) is 6.04. The summed E-state index contributed by atoms with van der Waals surface area (Å²) in [5.41, 5.74) is 0.117. The van der Waals surface area contributed by atoms with E-state index in [1.807, 2.05) is 92.6 Å². The molecule has 0 bridgehead atoms. The molecule has 3 N–H and O–H groups in total. The third-order valence-electron chi connectivity index (χ3n) is 5.57. The Morgan fingerprint density at radius 2 is 1.39 bits per heavy atom. The molecule has 0 aliphatic carbocycles. The van der Waals surface area contributed by atoms with Gasteiger partial charge >= 0.3 is 5.97 Å². The summed E-state index contributed by atoms with van der Waals surface area (Å²) in [6.07, 6.45) is 2.73. The molecule has 1 aromatic rings. The molecule has 0 heterocycles. The molecule has 0 spiro atoms. The van der Waals surface area contributed by atoms with Crippen molar-refractivity contribution >= 4 is 17.8 Å². The summed E-state index contributed by atoms with van der Waals surface area (Å²) in [6, 6.07) is 8.43. The fraction of sp³-hybridized carbons (Fsp3) is 0.645. The van der Waals surface area contributed by atoms with Gasteiger partial charge in [0.25, 0.3) is 0 Å². The molecule has 7 heteroatoms. The molecule has 7 nitrogen and oxygen atoms in total. The molecule has 2 unspecified atom stereocenters. The smallest absolute Gasteiger partial charge is 0.331 e. The average Bonchev–Trinajstić information content (AvgIpc) is 2.88. The highest BCUT2D eigenvalue weighted by atomic mass is 16.4. The largest absolute Gasteiger partial charge is 0.478 e. The van der Waals surface area contributed by atoms with Gasteiger partial charge in [-0.15, -0.1) is 0 Å². The maximum atomic E-state index is 13.3. The van der Waals surface area contributed by atoms with E-state index in [1.165, 1.54) is 24.3 Å². The molecular formula is C31H57N3O4. The van der Waals surface area contributed by atoms with Crippen LogP contribution in [-0.4, -0.2) is 60.5 Å². The Kier molecular flexibility index (Phi) is 21.3. The Labute approximate surface area is 233 Å². The predicted molar refractivity (Wildman–Crippen MR) is 161 cm³/mol. The molecule has 0 saturated carbocycles. The Hall–Kier alpha value is -2.67. The van der Waals surface area contributed by atoms with Crippen LogP contribution in [0, 0.1) is 5.41 Å². The first kappa shape index (κ1) is 39.8. The summed E-state index contributed by atoms with van der Waals surface area (Å²) in [5.74, 6) is -1.57. The second-order valence-corrected chi connectivity index (χ2v) is 10.2. The van der Waals surface area contributed by atoms with Crippen molar-refractivity contribution in [2.45, 2.75) is 107 Å². The van der Waals surface area contributed by atoms with Crippen LogP contribution in [0.25, 0.3) is 0 Å². The molecule has 0 fully saturated rings. The number of nitrogens with one attached hydrogen (secondary N) is 2. The second kappa shape index (κ2) is 20.3. The number of carbonyl (C=O) groups is 3. The first-order valence-electron chi connectivity index (χ1n) is 13.8. The normalized spacial score (nSPS) is 12.6. The molecule has 2 atom stereocenters. The molecule has 1 aromatic carbocycles. The average molecular weight is 536 g/mol. The van der Waals surface area contributed by atoms with Crippen LogP contribution in [-0.2, 0) is 19.8 Å². The van der Waals surface area contributed by atoms with Crippen molar-refractivity contribution in [2.24, 2.45) is 5.41 Å². The molecule has 2 amide bonds. The van der Waals surface area contributed by atoms with Crippen LogP contribution in [0.2, 0.25) is 0 Å². The Morgan fingerprint density at radius 1 is 0.947 bits per heavy atom. The Morgan fingerprint density at radius 3 is 1.76 bits per heavy atom. The number of carbonyl (C=O) groups excluding carboxylic acids is 2. The van der Waals surface area contributed by atoms with E-state index in [-0.39, 0.29) is 23.9 Å². The van der Waals surface area contributed by atoms with E-state index in [0.717, 1.165) is 5.56 Å². The lowest BCUT2D eigenvalue weighted by Crippen LogP contribution is -2.60. The highest BCUT2D eigenvalue weighted by Crippen LogP contribution is 2.28. The van der Waals surface area contributed by atoms with Gasteiger partial charge in [0.05, 0.1) is 6.04 Å². The fourth-order valence-corrected chi connectivity index (χ4v) is 3.40. The molecular weight excluding hydrogens is 478 g/mol. The van der Waals surface area contributed by atoms with Gasteiger partial charge in [0.15, 0.2) is 0 Å². The molecule has 0 aromatic heterocycles. The van der Waals surface area contributed by atoms with Crippen LogP contribution >= 0.6 is 0 Å². The molecule has 220 valence electrons. The molecule has 0 aliphatic rings. The van der Waals surface area contributed by atoms with Crippen molar-refractivity contribution in [3.8, 4) is 0 Å².